The highest BCUT2D eigenvalue weighted by molar-refractivity contribution is 5.21. The Morgan fingerprint density at radius 2 is 1.64 bits per heavy atom. The van der Waals surface area contributed by atoms with E-state index < -0.39 is 0 Å². The summed E-state index contributed by atoms with van der Waals surface area (Å²) in [6.07, 6.45) is 4.47. The van der Waals surface area contributed by atoms with E-state index in [9.17, 15) is 8.78 Å². The molecule has 128 valence electrons. The van der Waals surface area contributed by atoms with Crippen LogP contribution in [0.25, 0.3) is 0 Å². The van der Waals surface area contributed by atoms with Gasteiger partial charge in [0.15, 0.2) is 0 Å². The minimum atomic E-state index is -0.387. The summed E-state index contributed by atoms with van der Waals surface area (Å²) >= 11 is 0. The molecule has 1 aromatic carbocycles. The molecule has 0 aromatic heterocycles. The predicted octanol–water partition coefficient (Wildman–Crippen LogP) is 6.16. The van der Waals surface area contributed by atoms with Crippen molar-refractivity contribution in [1.82, 2.24) is 0 Å². The summed E-state index contributed by atoms with van der Waals surface area (Å²) in [5, 5.41) is 0. The van der Waals surface area contributed by atoms with Crippen LogP contribution in [0.3, 0.4) is 0 Å². The maximum absolute atomic E-state index is 13.7. The van der Waals surface area contributed by atoms with Crippen LogP contribution in [0.2, 0.25) is 0 Å². The molecule has 1 saturated carbocycles. The summed E-state index contributed by atoms with van der Waals surface area (Å²) in [4.78, 5) is 0. The topological polar surface area (TPSA) is 9.23 Å². The summed E-state index contributed by atoms with van der Waals surface area (Å²) in [6.45, 7) is 10.2. The van der Waals surface area contributed by atoms with Crippen LogP contribution in [-0.4, -0.2) is 12.7 Å². The quantitative estimate of drug-likeness (QED) is 0.649. The van der Waals surface area contributed by atoms with Gasteiger partial charge in [0.05, 0.1) is 5.60 Å². The molecule has 0 amide bonds. The Balaban J connectivity index is 0.00000102. The summed E-state index contributed by atoms with van der Waals surface area (Å²) in [6, 6.07) is 3.63. The molecule has 1 aliphatic rings. The van der Waals surface area contributed by atoms with Crippen LogP contribution in [0, 0.1) is 17.6 Å². The maximum Gasteiger partial charge on any atom is 0.126 e. The molecule has 0 bridgehead atoms. The van der Waals surface area contributed by atoms with Gasteiger partial charge in [-0.15, -0.1) is 0 Å². The molecule has 0 saturated heterocycles. The van der Waals surface area contributed by atoms with Gasteiger partial charge in [0.25, 0.3) is 0 Å². The van der Waals surface area contributed by atoms with Gasteiger partial charge in [-0.25, -0.2) is 8.78 Å². The van der Waals surface area contributed by atoms with Gasteiger partial charge in [-0.1, -0.05) is 34.6 Å². The number of hydrogen-bond donors (Lipinski definition) is 0. The van der Waals surface area contributed by atoms with E-state index in [0.29, 0.717) is 17.9 Å². The molecule has 1 aromatic rings. The molecule has 0 spiro atoms. The molecule has 0 N–H and O–H groups in total. The van der Waals surface area contributed by atoms with Gasteiger partial charge in [0, 0.05) is 13.5 Å². The van der Waals surface area contributed by atoms with Crippen molar-refractivity contribution in [2.75, 3.05) is 7.11 Å². The van der Waals surface area contributed by atoms with E-state index in [1.807, 2.05) is 27.7 Å². The Bertz CT molecular complexity index is 410. The van der Waals surface area contributed by atoms with Gasteiger partial charge in [-0.2, -0.15) is 0 Å². The van der Waals surface area contributed by atoms with E-state index in [1.54, 1.807) is 7.11 Å². The zero-order valence-corrected chi connectivity index (χ0v) is 15.0. The Morgan fingerprint density at radius 3 is 2.14 bits per heavy atom. The van der Waals surface area contributed by atoms with Crippen molar-refractivity contribution in [1.29, 1.82) is 0 Å². The van der Waals surface area contributed by atoms with Crippen molar-refractivity contribution >= 4 is 0 Å². The number of halogens is 2. The van der Waals surface area contributed by atoms with Crippen molar-refractivity contribution in [3.05, 3.63) is 35.4 Å². The van der Waals surface area contributed by atoms with Gasteiger partial charge in [-0.3, -0.25) is 0 Å². The highest BCUT2D eigenvalue weighted by Gasteiger charge is 2.35. The van der Waals surface area contributed by atoms with E-state index in [-0.39, 0.29) is 17.2 Å². The van der Waals surface area contributed by atoms with Crippen LogP contribution in [0.4, 0.5) is 8.78 Å². The SMILES string of the molecule is CC.CC.COC1(Cc2cc(F)ccc2F)CCC(C)CC1. The second-order valence-corrected chi connectivity index (χ2v) is 5.48. The lowest BCUT2D eigenvalue weighted by Gasteiger charge is -2.38. The van der Waals surface area contributed by atoms with Crippen LogP contribution in [0.15, 0.2) is 18.2 Å². The number of hydrogen-bond acceptors (Lipinski definition) is 1. The average molecular weight is 314 g/mol. The summed E-state index contributed by atoms with van der Waals surface area (Å²) < 4.78 is 32.5. The van der Waals surface area contributed by atoms with Crippen molar-refractivity contribution in [3.8, 4) is 0 Å². The molecule has 2 rings (SSSR count). The van der Waals surface area contributed by atoms with Crippen LogP contribution >= 0.6 is 0 Å². The smallest absolute Gasteiger partial charge is 0.126 e. The molecule has 0 heterocycles. The lowest BCUT2D eigenvalue weighted by Crippen LogP contribution is -2.38. The average Bonchev–Trinajstić information content (AvgIpc) is 2.57. The highest BCUT2D eigenvalue weighted by atomic mass is 19.1. The molecule has 3 heteroatoms. The normalized spacial score (nSPS) is 23.7. The third kappa shape index (κ3) is 6.04. The molecule has 0 unspecified atom stereocenters. The number of ether oxygens (including phenoxy) is 1. The summed E-state index contributed by atoms with van der Waals surface area (Å²) in [7, 11) is 1.67. The van der Waals surface area contributed by atoms with Crippen LogP contribution in [0.1, 0.15) is 65.9 Å². The Kier molecular flexibility index (Phi) is 10.2. The van der Waals surface area contributed by atoms with E-state index in [1.165, 1.54) is 12.1 Å². The lowest BCUT2D eigenvalue weighted by molar-refractivity contribution is -0.0475. The lowest BCUT2D eigenvalue weighted by atomic mass is 9.76. The maximum atomic E-state index is 13.7. The third-order valence-corrected chi connectivity index (χ3v) is 4.14. The highest BCUT2D eigenvalue weighted by Crippen LogP contribution is 2.37. The van der Waals surface area contributed by atoms with E-state index in [0.717, 1.165) is 31.7 Å². The fourth-order valence-corrected chi connectivity index (χ4v) is 2.77. The van der Waals surface area contributed by atoms with E-state index in [4.69, 9.17) is 4.74 Å². The minimum Gasteiger partial charge on any atom is -0.378 e. The standard InChI is InChI=1S/C15H20F2O.2C2H6/c1-11-5-7-15(18-2,8-6-11)10-12-9-13(16)3-4-14(12)17;2*1-2/h3-4,9,11H,5-8,10H2,1-2H3;2*1-2H3. The first-order chi connectivity index (χ1) is 10.5. The fourth-order valence-electron chi connectivity index (χ4n) is 2.77. The second-order valence-electron chi connectivity index (χ2n) is 5.48. The van der Waals surface area contributed by atoms with E-state index >= 15 is 0 Å². The predicted molar refractivity (Wildman–Crippen MR) is 90.1 cm³/mol. The first-order valence-corrected chi connectivity index (χ1v) is 8.54. The van der Waals surface area contributed by atoms with E-state index in [2.05, 4.69) is 6.92 Å². The molecule has 1 nitrogen and oxygen atoms in total. The zero-order valence-electron chi connectivity index (χ0n) is 15.0. The van der Waals surface area contributed by atoms with Gasteiger partial charge < -0.3 is 4.74 Å². The Morgan fingerprint density at radius 1 is 1.09 bits per heavy atom. The summed E-state index contributed by atoms with van der Waals surface area (Å²) in [5.41, 5.74) is 0.104. The van der Waals surface area contributed by atoms with Gasteiger partial charge in [0.2, 0.25) is 0 Å². The largest absolute Gasteiger partial charge is 0.378 e. The van der Waals surface area contributed by atoms with Gasteiger partial charge in [0.1, 0.15) is 11.6 Å². The molecule has 1 fully saturated rings. The molecule has 0 aliphatic heterocycles. The zero-order chi connectivity index (χ0) is 17.2. The van der Waals surface area contributed by atoms with Crippen LogP contribution in [-0.2, 0) is 11.2 Å². The molecule has 0 radical (unpaired) electrons. The van der Waals surface area contributed by atoms with Crippen molar-refractivity contribution in [2.24, 2.45) is 5.92 Å². The van der Waals surface area contributed by atoms with Crippen molar-refractivity contribution in [2.45, 2.75) is 72.3 Å². The van der Waals surface area contributed by atoms with Crippen molar-refractivity contribution in [3.63, 3.8) is 0 Å². The molecule has 1 aliphatic carbocycles. The molecule has 22 heavy (non-hydrogen) atoms. The third-order valence-electron chi connectivity index (χ3n) is 4.14. The van der Waals surface area contributed by atoms with Crippen LogP contribution in [0.5, 0.6) is 0 Å². The fraction of sp³-hybridized carbons (Fsp3) is 0.684. The summed E-state index contributed by atoms with van der Waals surface area (Å²) in [5.74, 6) is -0.0288. The number of methoxy groups -OCH3 is 1. The first kappa shape index (κ1) is 21.0. The molecular formula is C19H32F2O. The molecule has 0 atom stereocenters. The van der Waals surface area contributed by atoms with Crippen molar-refractivity contribution < 1.29 is 13.5 Å². The van der Waals surface area contributed by atoms with Gasteiger partial charge >= 0.3 is 0 Å². The number of rotatable bonds is 3. The molecular weight excluding hydrogens is 282 g/mol. The Labute approximate surface area is 135 Å². The second kappa shape index (κ2) is 10.7. The van der Waals surface area contributed by atoms with Crippen LogP contribution < -0.4 is 0 Å². The number of benzene rings is 1. The van der Waals surface area contributed by atoms with Gasteiger partial charge in [-0.05, 0) is 55.4 Å². The minimum absolute atomic E-state index is 0.318. The monoisotopic (exact) mass is 314 g/mol. The Hall–Kier alpha value is -0.960. The first-order valence-electron chi connectivity index (χ1n) is 8.54.